The molecule has 0 heterocycles. The molecule has 1 amide bonds. The van der Waals surface area contributed by atoms with Crippen LogP contribution in [0.1, 0.15) is 72.1 Å². The Hall–Kier alpha value is -0.830. The maximum Gasteiger partial charge on any atom is 0.217 e. The number of amides is 1. The van der Waals surface area contributed by atoms with Gasteiger partial charge in [0.2, 0.25) is 5.91 Å². The summed E-state index contributed by atoms with van der Waals surface area (Å²) < 4.78 is 0. The number of fused-ring (bicyclic) bond motifs is 5. The first-order chi connectivity index (χ1) is 11.3. The molecule has 3 saturated carbocycles. The van der Waals surface area contributed by atoms with Crippen molar-refractivity contribution in [2.24, 2.45) is 28.6 Å². The topological polar surface area (TPSA) is 49.3 Å². The van der Waals surface area contributed by atoms with Crippen molar-refractivity contribution in [2.75, 3.05) is 0 Å². The zero-order chi connectivity index (χ0) is 17.1. The Bertz CT molecular complexity index is 570. The monoisotopic (exact) mass is 331 g/mol. The predicted molar refractivity (Wildman–Crippen MR) is 95.3 cm³/mol. The highest BCUT2D eigenvalue weighted by Gasteiger charge is 2.58. The first-order valence-corrected chi connectivity index (χ1v) is 9.99. The van der Waals surface area contributed by atoms with Crippen LogP contribution in [0.5, 0.6) is 0 Å². The molecule has 0 aliphatic heterocycles. The highest BCUT2D eigenvalue weighted by Crippen LogP contribution is 2.64. The van der Waals surface area contributed by atoms with E-state index in [1.165, 1.54) is 25.7 Å². The van der Waals surface area contributed by atoms with E-state index in [-0.39, 0.29) is 17.4 Å². The van der Waals surface area contributed by atoms with Crippen LogP contribution in [0.2, 0.25) is 0 Å². The average Bonchev–Trinajstić information content (AvgIpc) is 2.84. The molecule has 0 unspecified atom stereocenters. The van der Waals surface area contributed by atoms with Gasteiger partial charge in [-0.05, 0) is 80.0 Å². The number of allylic oxidation sites excluding steroid dienone is 1. The lowest BCUT2D eigenvalue weighted by molar-refractivity contribution is -0.121. The van der Waals surface area contributed by atoms with Crippen molar-refractivity contribution >= 4 is 5.91 Å². The molecule has 3 heteroatoms. The number of aliphatic hydroxyl groups excluding tert-OH is 1. The normalized spacial score (nSPS) is 50.3. The van der Waals surface area contributed by atoms with Crippen molar-refractivity contribution in [1.82, 2.24) is 5.32 Å². The standard InChI is InChI=1S/C21H33NO2/c1-13(23)22-19-7-6-17-16-5-4-14-12-15(24)8-10-20(14,2)18(16)9-11-21(17,19)3/h4,15-19,24H,5-12H2,1-3H3,(H,22,23)/t15-,16-,17-,18-,19-,20-,21-/m0/s1. The third kappa shape index (κ3) is 2.30. The number of carbonyl (C=O) groups excluding carboxylic acids is 1. The molecule has 0 radical (unpaired) electrons. The number of aliphatic hydroxyl groups is 1. The van der Waals surface area contributed by atoms with Crippen LogP contribution in [0.4, 0.5) is 0 Å². The van der Waals surface area contributed by atoms with Gasteiger partial charge in [0.15, 0.2) is 0 Å². The second-order valence-corrected chi connectivity index (χ2v) is 9.53. The second-order valence-electron chi connectivity index (χ2n) is 9.53. The van der Waals surface area contributed by atoms with E-state index in [0.29, 0.717) is 11.5 Å². The van der Waals surface area contributed by atoms with Crippen molar-refractivity contribution in [2.45, 2.75) is 84.3 Å². The fraction of sp³-hybridized carbons (Fsp3) is 0.857. The van der Waals surface area contributed by atoms with Crippen LogP contribution < -0.4 is 5.32 Å². The zero-order valence-electron chi connectivity index (χ0n) is 15.5. The van der Waals surface area contributed by atoms with E-state index in [9.17, 15) is 9.90 Å². The molecule has 4 aliphatic rings. The lowest BCUT2D eigenvalue weighted by Gasteiger charge is -2.58. The van der Waals surface area contributed by atoms with Crippen LogP contribution in [0.25, 0.3) is 0 Å². The molecule has 0 spiro atoms. The number of rotatable bonds is 1. The summed E-state index contributed by atoms with van der Waals surface area (Å²) in [6, 6.07) is 0.368. The zero-order valence-corrected chi connectivity index (χ0v) is 15.5. The van der Waals surface area contributed by atoms with Crippen molar-refractivity contribution in [3.05, 3.63) is 11.6 Å². The van der Waals surface area contributed by atoms with Gasteiger partial charge >= 0.3 is 0 Å². The summed E-state index contributed by atoms with van der Waals surface area (Å²) in [5.41, 5.74) is 2.14. The third-order valence-electron chi connectivity index (χ3n) is 8.46. The second kappa shape index (κ2) is 5.59. The summed E-state index contributed by atoms with van der Waals surface area (Å²) >= 11 is 0. The molecule has 3 fully saturated rings. The summed E-state index contributed by atoms with van der Waals surface area (Å²) in [5.74, 6) is 2.42. The van der Waals surface area contributed by atoms with Crippen molar-refractivity contribution < 1.29 is 9.90 Å². The van der Waals surface area contributed by atoms with Crippen molar-refractivity contribution in [3.8, 4) is 0 Å². The summed E-state index contributed by atoms with van der Waals surface area (Å²) in [6.45, 7) is 6.57. The average molecular weight is 332 g/mol. The Morgan fingerprint density at radius 2 is 1.96 bits per heavy atom. The largest absolute Gasteiger partial charge is 0.393 e. The lowest BCUT2D eigenvalue weighted by atomic mass is 9.48. The van der Waals surface area contributed by atoms with Crippen molar-refractivity contribution in [3.63, 3.8) is 0 Å². The fourth-order valence-corrected chi connectivity index (χ4v) is 7.12. The summed E-state index contributed by atoms with van der Waals surface area (Å²) in [6.07, 6.45) is 11.5. The number of nitrogens with one attached hydrogen (secondary N) is 1. The molecule has 7 atom stereocenters. The molecule has 0 aromatic heterocycles. The smallest absolute Gasteiger partial charge is 0.217 e. The van der Waals surface area contributed by atoms with Crippen LogP contribution in [0.15, 0.2) is 11.6 Å². The molecule has 4 rings (SSSR count). The molecule has 0 bridgehead atoms. The first kappa shape index (κ1) is 16.6. The highest BCUT2D eigenvalue weighted by atomic mass is 16.3. The molecular weight excluding hydrogens is 298 g/mol. The number of hydrogen-bond donors (Lipinski definition) is 2. The predicted octanol–water partition coefficient (Wildman–Crippen LogP) is 3.81. The van der Waals surface area contributed by atoms with E-state index in [4.69, 9.17) is 0 Å². The van der Waals surface area contributed by atoms with E-state index in [1.807, 2.05) is 0 Å². The third-order valence-corrected chi connectivity index (χ3v) is 8.46. The molecule has 24 heavy (non-hydrogen) atoms. The van der Waals surface area contributed by atoms with E-state index in [0.717, 1.165) is 43.4 Å². The van der Waals surface area contributed by atoms with Crippen LogP contribution in [-0.2, 0) is 4.79 Å². The van der Waals surface area contributed by atoms with Gasteiger partial charge in [0, 0.05) is 13.0 Å². The Kier molecular flexibility index (Phi) is 3.87. The molecule has 3 nitrogen and oxygen atoms in total. The summed E-state index contributed by atoms with van der Waals surface area (Å²) in [7, 11) is 0. The van der Waals surface area contributed by atoms with Gasteiger partial charge in [0.05, 0.1) is 6.10 Å². The quantitative estimate of drug-likeness (QED) is 0.718. The molecule has 134 valence electrons. The van der Waals surface area contributed by atoms with Gasteiger partial charge in [0.25, 0.3) is 0 Å². The molecule has 4 aliphatic carbocycles. The maximum absolute atomic E-state index is 11.6. The van der Waals surface area contributed by atoms with Gasteiger partial charge in [0.1, 0.15) is 0 Å². The molecule has 2 N–H and O–H groups in total. The fourth-order valence-electron chi connectivity index (χ4n) is 7.12. The van der Waals surface area contributed by atoms with E-state index >= 15 is 0 Å². The van der Waals surface area contributed by atoms with Crippen molar-refractivity contribution in [1.29, 1.82) is 0 Å². The van der Waals surface area contributed by atoms with Crippen LogP contribution >= 0.6 is 0 Å². The molecular formula is C21H33NO2. The minimum absolute atomic E-state index is 0.120. The lowest BCUT2D eigenvalue weighted by Crippen LogP contribution is -2.53. The number of hydrogen-bond acceptors (Lipinski definition) is 2. The van der Waals surface area contributed by atoms with E-state index in [1.54, 1.807) is 12.5 Å². The van der Waals surface area contributed by atoms with Crippen LogP contribution in [0.3, 0.4) is 0 Å². The molecule has 0 aromatic carbocycles. The van der Waals surface area contributed by atoms with Crippen LogP contribution in [-0.4, -0.2) is 23.2 Å². The Balaban J connectivity index is 1.62. The van der Waals surface area contributed by atoms with Gasteiger partial charge in [-0.3, -0.25) is 4.79 Å². The minimum Gasteiger partial charge on any atom is -0.393 e. The van der Waals surface area contributed by atoms with Gasteiger partial charge in [-0.15, -0.1) is 0 Å². The Morgan fingerprint density at radius 3 is 2.71 bits per heavy atom. The number of carbonyl (C=O) groups is 1. The van der Waals surface area contributed by atoms with Gasteiger partial charge < -0.3 is 10.4 Å². The minimum atomic E-state index is -0.120. The highest BCUT2D eigenvalue weighted by molar-refractivity contribution is 5.73. The van der Waals surface area contributed by atoms with Gasteiger partial charge in [-0.1, -0.05) is 25.5 Å². The summed E-state index contributed by atoms with van der Waals surface area (Å²) in [4.78, 5) is 11.6. The van der Waals surface area contributed by atoms with Gasteiger partial charge in [-0.25, -0.2) is 0 Å². The Morgan fingerprint density at radius 1 is 1.17 bits per heavy atom. The van der Waals surface area contributed by atoms with E-state index in [2.05, 4.69) is 25.2 Å². The van der Waals surface area contributed by atoms with Crippen LogP contribution in [0, 0.1) is 28.6 Å². The SMILES string of the molecule is CC(=O)N[C@H]1CC[C@H]2[C@@H]3CC=C4C[C@@H](O)CC[C@]4(C)[C@H]3CC[C@]12C. The first-order valence-electron chi connectivity index (χ1n) is 9.99. The molecule has 0 aromatic rings. The maximum atomic E-state index is 11.6. The van der Waals surface area contributed by atoms with Gasteiger partial charge in [-0.2, -0.15) is 0 Å². The summed E-state index contributed by atoms with van der Waals surface area (Å²) in [5, 5.41) is 13.3. The van der Waals surface area contributed by atoms with E-state index < -0.39 is 0 Å². The molecule has 0 saturated heterocycles. The Labute approximate surface area is 146 Å².